The van der Waals surface area contributed by atoms with Gasteiger partial charge in [-0.2, -0.15) is 0 Å². The second-order valence-corrected chi connectivity index (χ2v) is 6.62. The maximum Gasteiger partial charge on any atom is 0.267 e. The minimum absolute atomic E-state index is 0.0923. The first-order chi connectivity index (χ1) is 12.8. The first-order valence-electron chi connectivity index (χ1n) is 9.03. The van der Waals surface area contributed by atoms with Crippen LogP contribution in [-0.4, -0.2) is 58.5 Å². The molecule has 0 aliphatic carbocycles. The maximum absolute atomic E-state index is 12.2. The highest BCUT2D eigenvalue weighted by atomic mass is 16.2. The second kappa shape index (κ2) is 7.68. The van der Waals surface area contributed by atoms with Gasteiger partial charge in [-0.15, -0.1) is 0 Å². The number of carbonyl (C=O) groups excluding carboxylic acids is 1. The van der Waals surface area contributed by atoms with Crippen LogP contribution in [0.5, 0.6) is 0 Å². The van der Waals surface area contributed by atoms with Crippen molar-refractivity contribution in [3.63, 3.8) is 0 Å². The molecule has 1 amide bonds. The molecule has 4 rings (SSSR count). The summed E-state index contributed by atoms with van der Waals surface area (Å²) in [5.74, 6) is -0.0923. The Morgan fingerprint density at radius 3 is 2.77 bits per heavy atom. The molecule has 134 valence electrons. The normalized spacial score (nSPS) is 16.0. The average molecular weight is 349 g/mol. The van der Waals surface area contributed by atoms with E-state index >= 15 is 0 Å². The third kappa shape index (κ3) is 3.76. The van der Waals surface area contributed by atoms with Crippen LogP contribution in [0, 0.1) is 0 Å². The van der Waals surface area contributed by atoms with Crippen molar-refractivity contribution < 1.29 is 4.79 Å². The fourth-order valence-electron chi connectivity index (χ4n) is 3.41. The van der Waals surface area contributed by atoms with E-state index in [1.807, 2.05) is 5.01 Å². The molecule has 0 spiro atoms. The Balaban J connectivity index is 1.25. The maximum atomic E-state index is 12.2. The minimum atomic E-state index is -0.0923. The first kappa shape index (κ1) is 16.8. The smallest absolute Gasteiger partial charge is 0.267 e. The molecule has 3 aromatic rings. The molecule has 2 N–H and O–H groups in total. The molecule has 1 aromatic carbocycles. The SMILES string of the molecule is O=C(NN1CCN(CCc2c[nH]c3ccccc23)CC1)c1cccnc1. The molecular formula is C20H23N5O. The number of H-pyrrole nitrogens is 1. The highest BCUT2D eigenvalue weighted by Gasteiger charge is 2.19. The van der Waals surface area contributed by atoms with Crippen molar-refractivity contribution in [1.29, 1.82) is 0 Å². The van der Waals surface area contributed by atoms with Gasteiger partial charge in [0, 0.05) is 62.2 Å². The number of hydrogen-bond acceptors (Lipinski definition) is 4. The number of hydrogen-bond donors (Lipinski definition) is 2. The zero-order chi connectivity index (χ0) is 17.8. The second-order valence-electron chi connectivity index (χ2n) is 6.62. The summed E-state index contributed by atoms with van der Waals surface area (Å²) in [5, 5.41) is 3.31. The molecule has 1 fully saturated rings. The quantitative estimate of drug-likeness (QED) is 0.740. The van der Waals surface area contributed by atoms with Crippen molar-refractivity contribution in [2.24, 2.45) is 0 Å². The predicted molar refractivity (Wildman–Crippen MR) is 102 cm³/mol. The van der Waals surface area contributed by atoms with Crippen LogP contribution in [0.25, 0.3) is 10.9 Å². The van der Waals surface area contributed by atoms with Gasteiger partial charge >= 0.3 is 0 Å². The van der Waals surface area contributed by atoms with Crippen LogP contribution in [0.1, 0.15) is 15.9 Å². The van der Waals surface area contributed by atoms with E-state index in [9.17, 15) is 4.79 Å². The van der Waals surface area contributed by atoms with Crippen LogP contribution in [0.4, 0.5) is 0 Å². The van der Waals surface area contributed by atoms with Gasteiger partial charge in [0.05, 0.1) is 5.56 Å². The number of benzene rings is 1. The largest absolute Gasteiger partial charge is 0.361 e. The lowest BCUT2D eigenvalue weighted by Gasteiger charge is -2.34. The Morgan fingerprint density at radius 2 is 1.96 bits per heavy atom. The highest BCUT2D eigenvalue weighted by Crippen LogP contribution is 2.18. The zero-order valence-electron chi connectivity index (χ0n) is 14.7. The lowest BCUT2D eigenvalue weighted by Crippen LogP contribution is -2.53. The summed E-state index contributed by atoms with van der Waals surface area (Å²) in [7, 11) is 0. The highest BCUT2D eigenvalue weighted by molar-refractivity contribution is 5.93. The van der Waals surface area contributed by atoms with Crippen LogP contribution in [0.3, 0.4) is 0 Å². The topological polar surface area (TPSA) is 64.3 Å². The van der Waals surface area contributed by atoms with Crippen LogP contribution in [0.2, 0.25) is 0 Å². The van der Waals surface area contributed by atoms with Gasteiger partial charge in [0.15, 0.2) is 0 Å². The molecule has 0 bridgehead atoms. The van der Waals surface area contributed by atoms with Crippen molar-refractivity contribution >= 4 is 16.8 Å². The zero-order valence-corrected chi connectivity index (χ0v) is 14.7. The van der Waals surface area contributed by atoms with Crippen LogP contribution < -0.4 is 5.43 Å². The van der Waals surface area contributed by atoms with Gasteiger partial charge in [-0.05, 0) is 30.2 Å². The van der Waals surface area contributed by atoms with E-state index in [1.54, 1.807) is 24.5 Å². The summed E-state index contributed by atoms with van der Waals surface area (Å²) >= 11 is 0. The van der Waals surface area contributed by atoms with E-state index in [2.05, 4.69) is 50.8 Å². The van der Waals surface area contributed by atoms with Crippen LogP contribution in [0.15, 0.2) is 55.0 Å². The molecule has 6 nitrogen and oxygen atoms in total. The Bertz CT molecular complexity index is 868. The molecule has 0 radical (unpaired) electrons. The molecule has 1 aliphatic rings. The Labute approximate surface area is 152 Å². The molecule has 1 aliphatic heterocycles. The van der Waals surface area contributed by atoms with E-state index in [1.165, 1.54) is 16.5 Å². The van der Waals surface area contributed by atoms with E-state index in [0.717, 1.165) is 39.1 Å². The molecule has 0 unspecified atom stereocenters. The van der Waals surface area contributed by atoms with Gasteiger partial charge in [-0.1, -0.05) is 18.2 Å². The minimum Gasteiger partial charge on any atom is -0.361 e. The average Bonchev–Trinajstić information content (AvgIpc) is 3.11. The van der Waals surface area contributed by atoms with Gasteiger partial charge in [-0.25, -0.2) is 5.01 Å². The van der Waals surface area contributed by atoms with Crippen molar-refractivity contribution in [1.82, 2.24) is 25.3 Å². The number of amides is 1. The fourth-order valence-corrected chi connectivity index (χ4v) is 3.41. The Kier molecular flexibility index (Phi) is 4.95. The number of fused-ring (bicyclic) bond motifs is 1. The van der Waals surface area contributed by atoms with Gasteiger partial charge in [0.2, 0.25) is 0 Å². The van der Waals surface area contributed by atoms with E-state index in [0.29, 0.717) is 5.56 Å². The third-order valence-corrected chi connectivity index (χ3v) is 4.93. The van der Waals surface area contributed by atoms with Gasteiger partial charge in [0.1, 0.15) is 0 Å². The lowest BCUT2D eigenvalue weighted by molar-refractivity contribution is 0.0622. The number of piperazine rings is 1. The number of nitrogens with zero attached hydrogens (tertiary/aromatic N) is 3. The Hall–Kier alpha value is -2.70. The van der Waals surface area contributed by atoms with Gasteiger partial charge in [-0.3, -0.25) is 15.2 Å². The predicted octanol–water partition coefficient (Wildman–Crippen LogP) is 2.07. The first-order valence-corrected chi connectivity index (χ1v) is 9.03. The number of aromatic nitrogens is 2. The molecule has 1 saturated heterocycles. The molecule has 2 aromatic heterocycles. The molecule has 0 atom stereocenters. The molecular weight excluding hydrogens is 326 g/mol. The van der Waals surface area contributed by atoms with E-state index < -0.39 is 0 Å². The molecule has 26 heavy (non-hydrogen) atoms. The Morgan fingerprint density at radius 1 is 1.12 bits per heavy atom. The van der Waals surface area contributed by atoms with Crippen LogP contribution in [-0.2, 0) is 6.42 Å². The summed E-state index contributed by atoms with van der Waals surface area (Å²) in [6, 6.07) is 12.0. The molecule has 3 heterocycles. The summed E-state index contributed by atoms with van der Waals surface area (Å²) in [6.07, 6.45) is 6.41. The van der Waals surface area contributed by atoms with Crippen LogP contribution >= 0.6 is 0 Å². The fraction of sp³-hybridized carbons (Fsp3) is 0.300. The molecule has 6 heteroatoms. The van der Waals surface area contributed by atoms with E-state index in [-0.39, 0.29) is 5.91 Å². The number of para-hydroxylation sites is 1. The monoisotopic (exact) mass is 349 g/mol. The van der Waals surface area contributed by atoms with Crippen molar-refractivity contribution in [3.8, 4) is 0 Å². The standard InChI is InChI=1S/C20H23N5O/c26-20(17-4-3-8-21-14-17)23-25-12-10-24(11-13-25)9-7-16-15-22-19-6-2-1-5-18(16)19/h1-6,8,14-15,22H,7,9-13H2,(H,23,26). The number of nitrogens with one attached hydrogen (secondary N) is 2. The lowest BCUT2D eigenvalue weighted by atomic mass is 10.1. The van der Waals surface area contributed by atoms with Crippen molar-refractivity contribution in [2.45, 2.75) is 6.42 Å². The van der Waals surface area contributed by atoms with Crippen molar-refractivity contribution in [3.05, 3.63) is 66.1 Å². The number of rotatable bonds is 5. The summed E-state index contributed by atoms with van der Waals surface area (Å²) in [5.41, 5.74) is 6.13. The summed E-state index contributed by atoms with van der Waals surface area (Å²) < 4.78 is 0. The van der Waals surface area contributed by atoms with E-state index in [4.69, 9.17) is 0 Å². The van der Waals surface area contributed by atoms with Crippen molar-refractivity contribution in [2.75, 3.05) is 32.7 Å². The third-order valence-electron chi connectivity index (χ3n) is 4.93. The number of hydrazine groups is 1. The van der Waals surface area contributed by atoms with Gasteiger partial charge in [0.25, 0.3) is 5.91 Å². The number of pyridine rings is 1. The number of aromatic amines is 1. The molecule has 0 saturated carbocycles. The number of carbonyl (C=O) groups is 1. The summed E-state index contributed by atoms with van der Waals surface area (Å²) in [4.78, 5) is 22.0. The summed E-state index contributed by atoms with van der Waals surface area (Å²) in [6.45, 7) is 4.61. The van der Waals surface area contributed by atoms with Gasteiger partial charge < -0.3 is 9.88 Å².